The number of anilines is 2. The van der Waals surface area contributed by atoms with E-state index in [9.17, 15) is 9.90 Å². The van der Waals surface area contributed by atoms with E-state index in [2.05, 4.69) is 5.32 Å². The molecule has 3 nitrogen and oxygen atoms in total. The number of nitrogens with one attached hydrogen (secondary N) is 1. The molecule has 0 unspecified atom stereocenters. The lowest BCUT2D eigenvalue weighted by Crippen LogP contribution is -1.96. The molecule has 2 rings (SSSR count). The number of benzene rings is 2. The van der Waals surface area contributed by atoms with Crippen LogP contribution in [-0.4, -0.2) is 10.9 Å². The minimum atomic E-state index is -0.0226. The Morgan fingerprint density at radius 3 is 2.67 bits per heavy atom. The molecule has 0 atom stereocenters. The first-order chi connectivity index (χ1) is 8.56. The molecular weight excluding hydrogens is 250 g/mol. The Balaban J connectivity index is 2.33. The normalized spacial score (nSPS) is 10.1. The molecule has 2 N–H and O–H groups in total. The highest BCUT2D eigenvalue weighted by atomic mass is 35.5. The number of rotatable bonds is 3. The minimum absolute atomic E-state index is 0.0226. The summed E-state index contributed by atoms with van der Waals surface area (Å²) in [4.78, 5) is 11.3. The Morgan fingerprint density at radius 2 is 2.00 bits per heavy atom. The minimum Gasteiger partial charge on any atom is -0.508 e. The Labute approximate surface area is 110 Å². The van der Waals surface area contributed by atoms with Crippen molar-refractivity contribution in [2.75, 3.05) is 5.32 Å². The van der Waals surface area contributed by atoms with Crippen molar-refractivity contribution < 1.29 is 9.90 Å². The van der Waals surface area contributed by atoms with E-state index >= 15 is 0 Å². The summed E-state index contributed by atoms with van der Waals surface area (Å²) in [7, 11) is 0. The molecule has 0 spiro atoms. The maximum Gasteiger partial charge on any atom is 0.159 e. The standard InChI is InChI=1S/C14H12ClNO2/c1-9(17)10-5-6-13(15)14(7-10)16-11-3-2-4-12(18)8-11/h2-8,16,18H,1H3. The van der Waals surface area contributed by atoms with Crippen LogP contribution in [0.5, 0.6) is 5.75 Å². The van der Waals surface area contributed by atoms with Gasteiger partial charge < -0.3 is 10.4 Å². The van der Waals surface area contributed by atoms with Crippen LogP contribution in [0.4, 0.5) is 11.4 Å². The van der Waals surface area contributed by atoms with Gasteiger partial charge in [0.1, 0.15) is 5.75 Å². The number of phenolic OH excluding ortho intramolecular Hbond substituents is 1. The number of hydrogen-bond donors (Lipinski definition) is 2. The summed E-state index contributed by atoms with van der Waals surface area (Å²) >= 11 is 6.05. The van der Waals surface area contributed by atoms with Crippen LogP contribution < -0.4 is 5.32 Å². The Bertz CT molecular complexity index is 596. The van der Waals surface area contributed by atoms with E-state index in [-0.39, 0.29) is 11.5 Å². The molecule has 0 aliphatic heterocycles. The summed E-state index contributed by atoms with van der Waals surface area (Å²) in [6.07, 6.45) is 0. The first-order valence-corrected chi connectivity index (χ1v) is 5.80. The molecule has 0 heterocycles. The first-order valence-electron chi connectivity index (χ1n) is 5.43. The molecule has 0 amide bonds. The van der Waals surface area contributed by atoms with E-state index in [1.165, 1.54) is 6.92 Å². The zero-order valence-corrected chi connectivity index (χ0v) is 10.5. The molecule has 0 aliphatic carbocycles. The average Bonchev–Trinajstić information content (AvgIpc) is 2.31. The molecule has 2 aromatic carbocycles. The maximum absolute atomic E-state index is 11.3. The molecule has 0 aromatic heterocycles. The van der Waals surface area contributed by atoms with Crippen molar-refractivity contribution in [2.45, 2.75) is 6.92 Å². The van der Waals surface area contributed by atoms with Gasteiger partial charge in [-0.15, -0.1) is 0 Å². The third-order valence-corrected chi connectivity index (χ3v) is 2.83. The SMILES string of the molecule is CC(=O)c1ccc(Cl)c(Nc2cccc(O)c2)c1. The average molecular weight is 262 g/mol. The number of carbonyl (C=O) groups is 1. The Hall–Kier alpha value is -2.00. The van der Waals surface area contributed by atoms with Crippen LogP contribution in [0.15, 0.2) is 42.5 Å². The number of carbonyl (C=O) groups excluding carboxylic acids is 1. The van der Waals surface area contributed by atoms with Crippen molar-refractivity contribution in [1.29, 1.82) is 0 Å². The van der Waals surface area contributed by atoms with E-state index in [0.717, 1.165) is 0 Å². The molecule has 0 saturated carbocycles. The van der Waals surface area contributed by atoms with E-state index in [0.29, 0.717) is 22.0 Å². The molecule has 0 fully saturated rings. The van der Waals surface area contributed by atoms with Gasteiger partial charge in [-0.3, -0.25) is 4.79 Å². The molecule has 0 aliphatic rings. The Morgan fingerprint density at radius 1 is 1.22 bits per heavy atom. The highest BCUT2D eigenvalue weighted by molar-refractivity contribution is 6.33. The predicted molar refractivity (Wildman–Crippen MR) is 72.8 cm³/mol. The van der Waals surface area contributed by atoms with Crippen molar-refractivity contribution in [3.63, 3.8) is 0 Å². The number of hydrogen-bond acceptors (Lipinski definition) is 3. The molecular formula is C14H12ClNO2. The van der Waals surface area contributed by atoms with Crippen LogP contribution in [0.25, 0.3) is 0 Å². The maximum atomic E-state index is 11.3. The van der Waals surface area contributed by atoms with Crippen LogP contribution >= 0.6 is 11.6 Å². The third-order valence-electron chi connectivity index (χ3n) is 2.50. The molecule has 0 bridgehead atoms. The zero-order valence-electron chi connectivity index (χ0n) is 9.77. The van der Waals surface area contributed by atoms with Crippen LogP contribution in [0, 0.1) is 0 Å². The first kappa shape index (κ1) is 12.5. The highest BCUT2D eigenvalue weighted by Gasteiger charge is 2.05. The van der Waals surface area contributed by atoms with Gasteiger partial charge in [0.05, 0.1) is 10.7 Å². The Kier molecular flexibility index (Phi) is 3.53. The fourth-order valence-corrected chi connectivity index (χ4v) is 1.74. The number of Topliss-reactive ketones (excluding diaryl/α,β-unsaturated/α-hetero) is 1. The van der Waals surface area contributed by atoms with Gasteiger partial charge >= 0.3 is 0 Å². The lowest BCUT2D eigenvalue weighted by molar-refractivity contribution is 0.101. The van der Waals surface area contributed by atoms with Crippen LogP contribution in [0.2, 0.25) is 5.02 Å². The summed E-state index contributed by atoms with van der Waals surface area (Å²) in [6, 6.07) is 11.7. The molecule has 4 heteroatoms. The smallest absolute Gasteiger partial charge is 0.159 e. The second-order valence-corrected chi connectivity index (χ2v) is 4.33. The molecule has 18 heavy (non-hydrogen) atoms. The summed E-state index contributed by atoms with van der Waals surface area (Å²) < 4.78 is 0. The van der Waals surface area contributed by atoms with Crippen LogP contribution in [-0.2, 0) is 0 Å². The number of ketones is 1. The number of aromatic hydroxyl groups is 1. The fraction of sp³-hybridized carbons (Fsp3) is 0.0714. The lowest BCUT2D eigenvalue weighted by Gasteiger charge is -2.09. The molecule has 0 radical (unpaired) electrons. The second-order valence-electron chi connectivity index (χ2n) is 3.93. The van der Waals surface area contributed by atoms with Gasteiger partial charge in [-0.05, 0) is 37.3 Å². The van der Waals surface area contributed by atoms with E-state index < -0.39 is 0 Å². The summed E-state index contributed by atoms with van der Waals surface area (Å²) in [5, 5.41) is 13.0. The van der Waals surface area contributed by atoms with Gasteiger partial charge in [0.25, 0.3) is 0 Å². The largest absolute Gasteiger partial charge is 0.508 e. The van der Waals surface area contributed by atoms with Crippen molar-refractivity contribution in [3.05, 3.63) is 53.1 Å². The van der Waals surface area contributed by atoms with Gasteiger partial charge in [-0.25, -0.2) is 0 Å². The van der Waals surface area contributed by atoms with E-state index in [4.69, 9.17) is 11.6 Å². The van der Waals surface area contributed by atoms with Crippen molar-refractivity contribution >= 4 is 28.8 Å². The summed E-state index contributed by atoms with van der Waals surface area (Å²) in [6.45, 7) is 1.50. The van der Waals surface area contributed by atoms with Crippen molar-refractivity contribution in [2.24, 2.45) is 0 Å². The lowest BCUT2D eigenvalue weighted by atomic mass is 10.1. The van der Waals surface area contributed by atoms with Gasteiger partial charge in [-0.2, -0.15) is 0 Å². The summed E-state index contributed by atoms with van der Waals surface area (Å²) in [5.74, 6) is 0.143. The number of halogens is 1. The van der Waals surface area contributed by atoms with E-state index in [1.807, 2.05) is 0 Å². The molecule has 2 aromatic rings. The van der Waals surface area contributed by atoms with Crippen molar-refractivity contribution in [1.82, 2.24) is 0 Å². The second kappa shape index (κ2) is 5.10. The van der Waals surface area contributed by atoms with Crippen LogP contribution in [0.1, 0.15) is 17.3 Å². The van der Waals surface area contributed by atoms with Gasteiger partial charge in [-0.1, -0.05) is 17.7 Å². The predicted octanol–water partition coefficient (Wildman–Crippen LogP) is 3.99. The van der Waals surface area contributed by atoms with Gasteiger partial charge in [0.2, 0.25) is 0 Å². The van der Waals surface area contributed by atoms with Gasteiger partial charge in [0, 0.05) is 17.3 Å². The number of phenols is 1. The zero-order chi connectivity index (χ0) is 13.1. The van der Waals surface area contributed by atoms with Gasteiger partial charge in [0.15, 0.2) is 5.78 Å². The highest BCUT2D eigenvalue weighted by Crippen LogP contribution is 2.28. The van der Waals surface area contributed by atoms with E-state index in [1.54, 1.807) is 42.5 Å². The molecule has 92 valence electrons. The molecule has 0 saturated heterocycles. The van der Waals surface area contributed by atoms with Crippen molar-refractivity contribution in [3.8, 4) is 5.75 Å². The third kappa shape index (κ3) is 2.81. The fourth-order valence-electron chi connectivity index (χ4n) is 1.58. The van der Waals surface area contributed by atoms with Crippen LogP contribution in [0.3, 0.4) is 0 Å². The topological polar surface area (TPSA) is 49.3 Å². The monoisotopic (exact) mass is 261 g/mol. The quantitative estimate of drug-likeness (QED) is 0.822. The summed E-state index contributed by atoms with van der Waals surface area (Å²) in [5.41, 5.74) is 1.93.